The number of nitrogens with zero attached hydrogens (tertiary/aromatic N) is 2. The predicted octanol–water partition coefficient (Wildman–Crippen LogP) is 5.03. The Hall–Kier alpha value is -6.01. The van der Waals surface area contributed by atoms with Crippen molar-refractivity contribution in [3.8, 4) is 17.2 Å². The number of hydrogen-bond acceptors (Lipinski definition) is 16. The number of aromatic nitrogens is 1. The van der Waals surface area contributed by atoms with Crippen LogP contribution in [0.15, 0.2) is 62.3 Å². The Labute approximate surface area is 380 Å². The van der Waals surface area contributed by atoms with Crippen molar-refractivity contribution in [1.29, 1.82) is 0 Å². The molecule has 0 saturated carbocycles. The van der Waals surface area contributed by atoms with E-state index in [1.54, 1.807) is 39.8 Å². The van der Waals surface area contributed by atoms with Crippen LogP contribution in [0.5, 0.6) is 17.2 Å². The highest BCUT2D eigenvalue weighted by Gasteiger charge is 2.44. The number of fused-ring (bicyclic) bond motifs is 2. The second-order valence-corrected chi connectivity index (χ2v) is 18.1. The van der Waals surface area contributed by atoms with E-state index in [-0.39, 0.29) is 66.9 Å². The minimum atomic E-state index is -1.99. The maximum atomic E-state index is 14.8. The summed E-state index contributed by atoms with van der Waals surface area (Å²) in [5, 5.41) is 49.1. The fourth-order valence-corrected chi connectivity index (χ4v) is 9.23. The van der Waals surface area contributed by atoms with Crippen LogP contribution in [0.3, 0.4) is 0 Å². The number of carbonyl (C=O) groups is 2. The highest BCUT2D eigenvalue weighted by atomic mass is 16.7. The molecule has 7 rings (SSSR count). The van der Waals surface area contributed by atoms with Gasteiger partial charge in [0, 0.05) is 86.4 Å². The molecule has 1 saturated heterocycles. The molecular weight excluding hydrogens is 855 g/mol. The molecule has 66 heavy (non-hydrogen) atoms. The van der Waals surface area contributed by atoms with Gasteiger partial charge in [0.2, 0.25) is 10.9 Å². The van der Waals surface area contributed by atoms with Crippen LogP contribution in [-0.2, 0) is 23.8 Å². The Morgan fingerprint density at radius 3 is 2.32 bits per heavy atom. The second kappa shape index (κ2) is 18.7. The van der Waals surface area contributed by atoms with Gasteiger partial charge < -0.3 is 58.7 Å². The summed E-state index contributed by atoms with van der Waals surface area (Å²) in [5.41, 5.74) is -2.33. The topological polar surface area (TPSA) is 237 Å². The molecule has 354 valence electrons. The van der Waals surface area contributed by atoms with Gasteiger partial charge in [0.25, 0.3) is 5.91 Å². The van der Waals surface area contributed by atoms with Gasteiger partial charge in [-0.15, -0.1) is 0 Å². The minimum Gasteiger partial charge on any atom is -0.507 e. The molecule has 0 radical (unpaired) electrons. The zero-order valence-corrected chi connectivity index (χ0v) is 38.8. The summed E-state index contributed by atoms with van der Waals surface area (Å²) in [6.07, 6.45) is 4.80. The zero-order valence-electron chi connectivity index (χ0n) is 38.8. The number of phenolic OH excluding ortho intramolecular Hbond substituents is 1. The standard InChI is InChI=1S/C49H59N3O14/c1-22-12-11-13-23(2)48(60)51-39-43(58)35-34(38-46(39)65-33-21-30(20-31(54)37(33)50-38)64-29-14-17-52(9)18-15-29)36-45(27(6)42(35)57)66-49(8,47(36)59)62-19-16-32(61-10)24(3)44(63-28(7)53)26(5)41(56)25(4)40(22)55/h11-13,16,19-22,24-26,29,32,40-41,44,55-57,59H,14-15,17-18H2,1-10H3,(H,51,60)/b12-11+,19-16+,23-13-/t22-,24+,25+,26+,32-,40-,41+,44+,49-/m0/s1. The number of ether oxygens (including phenoxy) is 5. The highest BCUT2D eigenvalue weighted by molar-refractivity contribution is 6.16. The fourth-order valence-electron chi connectivity index (χ4n) is 9.23. The third-order valence-electron chi connectivity index (χ3n) is 13.4. The van der Waals surface area contributed by atoms with Crippen LogP contribution in [0.25, 0.3) is 38.7 Å². The van der Waals surface area contributed by atoms with Crippen molar-refractivity contribution in [3.63, 3.8) is 0 Å². The number of hydrogen-bond donors (Lipinski definition) is 5. The number of methoxy groups -OCH3 is 1. The minimum absolute atomic E-state index is 0.0458. The normalized spacial score (nSPS) is 30.2. The zero-order chi connectivity index (χ0) is 48.1. The lowest BCUT2D eigenvalue weighted by molar-refractivity contribution is -0.160. The Balaban J connectivity index is 1.46. The number of carbonyl (C=O) groups excluding carboxylic acids is 2. The van der Waals surface area contributed by atoms with Gasteiger partial charge in [0.05, 0.1) is 35.2 Å². The first-order valence-corrected chi connectivity index (χ1v) is 22.2. The smallest absolute Gasteiger partial charge is 0.307 e. The number of rotatable bonds is 4. The van der Waals surface area contributed by atoms with Crippen molar-refractivity contribution in [2.24, 2.45) is 23.7 Å². The van der Waals surface area contributed by atoms with Gasteiger partial charge in [0.15, 0.2) is 22.4 Å². The number of nitrogens with one attached hydrogen (secondary N) is 1. The number of aliphatic hydroxyl groups is 3. The number of anilines is 1. The molecule has 5 N–H and O–H groups in total. The fraction of sp³-hybridized carbons (Fsp3) is 0.490. The van der Waals surface area contributed by atoms with Crippen molar-refractivity contribution in [2.75, 3.05) is 32.6 Å². The summed E-state index contributed by atoms with van der Waals surface area (Å²) < 4.78 is 36.6. The Morgan fingerprint density at radius 2 is 1.65 bits per heavy atom. The van der Waals surface area contributed by atoms with E-state index < -0.39 is 93.8 Å². The summed E-state index contributed by atoms with van der Waals surface area (Å²) in [6, 6.07) is 2.80. The maximum Gasteiger partial charge on any atom is 0.307 e. The molecule has 17 nitrogen and oxygen atoms in total. The van der Waals surface area contributed by atoms with Crippen LogP contribution in [-0.4, -0.2) is 106 Å². The number of allylic oxidation sites excluding steroid dienone is 2. The van der Waals surface area contributed by atoms with Gasteiger partial charge in [-0.3, -0.25) is 19.2 Å². The van der Waals surface area contributed by atoms with Gasteiger partial charge >= 0.3 is 11.8 Å². The van der Waals surface area contributed by atoms with Crippen LogP contribution in [0.4, 0.5) is 5.69 Å². The van der Waals surface area contributed by atoms with Gasteiger partial charge in [-0.25, -0.2) is 4.98 Å². The van der Waals surface area contributed by atoms with Crippen molar-refractivity contribution in [1.82, 2.24) is 9.88 Å². The number of piperidine rings is 1. The monoisotopic (exact) mass is 913 g/mol. The van der Waals surface area contributed by atoms with E-state index in [1.807, 2.05) is 7.05 Å². The van der Waals surface area contributed by atoms with Crippen molar-refractivity contribution in [3.05, 3.63) is 79.5 Å². The molecule has 3 aromatic carbocycles. The number of benzene rings is 3. The van der Waals surface area contributed by atoms with Gasteiger partial charge in [-0.05, 0) is 39.8 Å². The summed E-state index contributed by atoms with van der Waals surface area (Å²) >= 11 is 0. The molecule has 1 amide bonds. The molecule has 4 heterocycles. The summed E-state index contributed by atoms with van der Waals surface area (Å²) in [4.78, 5) is 62.0. The molecule has 4 aromatic rings. The molecule has 0 spiro atoms. The number of phenols is 1. The summed E-state index contributed by atoms with van der Waals surface area (Å²) in [5.74, 6) is -6.78. The van der Waals surface area contributed by atoms with E-state index in [9.17, 15) is 39.6 Å². The maximum absolute atomic E-state index is 14.8. The molecule has 0 aliphatic carbocycles. The largest absolute Gasteiger partial charge is 0.507 e. The van der Waals surface area contributed by atoms with Gasteiger partial charge in [-0.1, -0.05) is 45.9 Å². The van der Waals surface area contributed by atoms with E-state index >= 15 is 0 Å². The first-order chi connectivity index (χ1) is 31.2. The number of likely N-dealkylation sites (tertiary alicyclic amines) is 1. The van der Waals surface area contributed by atoms with Crippen LogP contribution >= 0.6 is 0 Å². The third kappa shape index (κ3) is 8.84. The Morgan fingerprint density at radius 1 is 0.955 bits per heavy atom. The van der Waals surface area contributed by atoms with Crippen LogP contribution in [0.1, 0.15) is 66.9 Å². The van der Waals surface area contributed by atoms with Crippen LogP contribution < -0.4 is 30.9 Å². The lowest BCUT2D eigenvalue weighted by Gasteiger charge is -2.38. The molecule has 9 atom stereocenters. The van der Waals surface area contributed by atoms with E-state index in [0.29, 0.717) is 0 Å². The van der Waals surface area contributed by atoms with E-state index in [2.05, 4.69) is 10.2 Å². The predicted molar refractivity (Wildman–Crippen MR) is 246 cm³/mol. The molecular formula is C49H59N3O14. The van der Waals surface area contributed by atoms with Crippen molar-refractivity contribution in [2.45, 2.75) is 105 Å². The molecule has 1 fully saturated rings. The highest BCUT2D eigenvalue weighted by Crippen LogP contribution is 2.42. The quantitative estimate of drug-likeness (QED) is 0.103. The third-order valence-corrected chi connectivity index (χ3v) is 13.4. The molecule has 3 aliphatic rings. The first-order valence-electron chi connectivity index (χ1n) is 22.2. The summed E-state index contributed by atoms with van der Waals surface area (Å²) in [7, 11) is 3.46. The second-order valence-electron chi connectivity index (χ2n) is 18.1. The molecule has 4 bridgehead atoms. The van der Waals surface area contributed by atoms with E-state index in [0.717, 1.165) is 25.9 Å². The number of amides is 1. The van der Waals surface area contributed by atoms with Crippen molar-refractivity contribution >= 4 is 56.3 Å². The Bertz CT molecular complexity index is 2850. The van der Waals surface area contributed by atoms with E-state index in [4.69, 9.17) is 33.1 Å². The molecule has 3 aliphatic heterocycles. The number of aromatic hydroxyl groups is 1. The average molecular weight is 914 g/mol. The first kappa shape index (κ1) is 47.9. The van der Waals surface area contributed by atoms with Crippen LogP contribution in [0.2, 0.25) is 0 Å². The molecule has 17 heteroatoms. The SMILES string of the molecule is CO[C@H]1/C=C/O[C@@]2(C)Oc3c(C)c(O)c4c(=O)c(c5oc6cc(OC7CCN(C)CC7)cc(=O)c6nc5c4c3=C2O)NC(=O)/C(C)=C\C=C\[C@H](C)[C@H](O)[C@@H](C)[C@@H](O)[C@@H](C)[C@H](OC(C)=O)[C@@H]1C. The lowest BCUT2D eigenvalue weighted by atomic mass is 9.78. The lowest BCUT2D eigenvalue weighted by Crippen LogP contribution is -2.46. The number of aliphatic hydroxyl groups excluding tert-OH is 3. The summed E-state index contributed by atoms with van der Waals surface area (Å²) in [6.45, 7) is 14.2. The molecule has 1 aromatic heterocycles. The van der Waals surface area contributed by atoms with Gasteiger partial charge in [-0.2, -0.15) is 0 Å². The van der Waals surface area contributed by atoms with Crippen LogP contribution in [0, 0.1) is 30.6 Å². The number of esters is 1. The Kier molecular flexibility index (Phi) is 13.6. The van der Waals surface area contributed by atoms with Gasteiger partial charge in [0.1, 0.15) is 40.7 Å². The average Bonchev–Trinajstić information content (AvgIpc) is 3.54. The van der Waals surface area contributed by atoms with Crippen molar-refractivity contribution < 1.29 is 58.1 Å². The van der Waals surface area contributed by atoms with E-state index in [1.165, 1.54) is 65.4 Å². The molecule has 0 unspecified atom stereocenters.